The summed E-state index contributed by atoms with van der Waals surface area (Å²) in [6.45, 7) is 1.49. The quantitative estimate of drug-likeness (QED) is 0.189. The van der Waals surface area contributed by atoms with E-state index in [1.165, 1.54) is 36.7 Å². The molecule has 0 radical (unpaired) electrons. The van der Waals surface area contributed by atoms with E-state index in [0.29, 0.717) is 33.8 Å². The summed E-state index contributed by atoms with van der Waals surface area (Å²) in [4.78, 5) is 17.2. The number of hydrogen-bond acceptors (Lipinski definition) is 7. The molecule has 13 heteroatoms. The minimum atomic E-state index is -4.34. The molecule has 1 fully saturated rings. The zero-order chi connectivity index (χ0) is 30.4. The first kappa shape index (κ1) is 29.4. The lowest BCUT2D eigenvalue weighted by atomic mass is 10.0. The summed E-state index contributed by atoms with van der Waals surface area (Å²) in [5.74, 6) is -0.571. The van der Waals surface area contributed by atoms with Crippen LogP contribution in [0.5, 0.6) is 5.75 Å². The van der Waals surface area contributed by atoms with Gasteiger partial charge in [0, 0.05) is 23.7 Å². The molecule has 0 bridgehead atoms. The van der Waals surface area contributed by atoms with Crippen LogP contribution in [-0.2, 0) is 4.08 Å². The summed E-state index contributed by atoms with van der Waals surface area (Å²) in [6, 6.07) is 12.0. The number of benzene rings is 2. The summed E-state index contributed by atoms with van der Waals surface area (Å²) in [6.07, 6.45) is -1.81. The molecule has 1 amide bonds. The fourth-order valence-electron chi connectivity index (χ4n) is 4.91. The zero-order valence-electron chi connectivity index (χ0n) is 23.2. The Hall–Kier alpha value is -3.71. The molecule has 43 heavy (non-hydrogen) atoms. The highest BCUT2D eigenvalue weighted by Gasteiger charge is 2.41. The topological polar surface area (TPSA) is 80.5 Å². The number of thioether (sulfide) groups is 2. The second kappa shape index (κ2) is 11.4. The first-order chi connectivity index (χ1) is 20.6. The third kappa shape index (κ3) is 5.92. The Labute approximate surface area is 253 Å². The number of amides is 1. The summed E-state index contributed by atoms with van der Waals surface area (Å²) >= 11 is 2.82. The monoisotopic (exact) mass is 629 g/mol. The molecule has 1 saturated carbocycles. The highest BCUT2D eigenvalue weighted by atomic mass is 32.2. The van der Waals surface area contributed by atoms with E-state index < -0.39 is 22.5 Å². The fourth-order valence-corrected chi connectivity index (χ4v) is 7.26. The number of aryl methyl sites for hydroxylation is 1. The number of ether oxygens (including phenoxy) is 1. The lowest BCUT2D eigenvalue weighted by molar-refractivity contribution is -0.131. The molecule has 0 unspecified atom stereocenters. The number of nitrogens with zero attached hydrogens (tertiary/aromatic N) is 3. The molecule has 4 aromatic rings. The van der Waals surface area contributed by atoms with Crippen molar-refractivity contribution in [1.82, 2.24) is 19.9 Å². The van der Waals surface area contributed by atoms with Crippen molar-refractivity contribution in [3.8, 4) is 17.0 Å². The van der Waals surface area contributed by atoms with Gasteiger partial charge in [-0.2, -0.15) is 18.3 Å². The second-order valence-electron chi connectivity index (χ2n) is 10.4. The highest BCUT2D eigenvalue weighted by Crippen LogP contribution is 2.57. The van der Waals surface area contributed by atoms with Gasteiger partial charge in [-0.1, -0.05) is 12.1 Å². The molecule has 2 N–H and O–H groups in total. The molecular formula is C30H27F4N5O2S2. The number of rotatable bonds is 9. The standard InChI is InChI=1S/C30H27F4N5O2S2/c1-17-13-18(3-7-21(17)28(40)37-20-5-6-20)24-16-36-27-23(35-10-9-29(32,33)34)15-26(38-39(24)27)30(42-11-12-43-30)19-4-8-25(41-2)22(31)14-19/h3-4,7-8,11-16,20,35H,5-6,9-10H2,1-2H3,(H,37,40). The molecule has 2 aromatic heterocycles. The summed E-state index contributed by atoms with van der Waals surface area (Å²) in [7, 11) is 1.39. The molecule has 3 heterocycles. The first-order valence-electron chi connectivity index (χ1n) is 13.5. The van der Waals surface area contributed by atoms with Gasteiger partial charge in [-0.05, 0) is 72.0 Å². The van der Waals surface area contributed by atoms with Crippen LogP contribution in [0.15, 0.2) is 59.5 Å². The Morgan fingerprint density at radius 2 is 1.91 bits per heavy atom. The molecule has 224 valence electrons. The van der Waals surface area contributed by atoms with E-state index in [9.17, 15) is 22.4 Å². The van der Waals surface area contributed by atoms with Crippen molar-refractivity contribution in [2.45, 2.75) is 42.5 Å². The Balaban J connectivity index is 1.46. The minimum absolute atomic E-state index is 0.0966. The van der Waals surface area contributed by atoms with E-state index in [-0.39, 0.29) is 24.2 Å². The smallest absolute Gasteiger partial charge is 0.390 e. The van der Waals surface area contributed by atoms with Gasteiger partial charge in [-0.15, -0.1) is 23.5 Å². The Morgan fingerprint density at radius 1 is 1.14 bits per heavy atom. The predicted molar refractivity (Wildman–Crippen MR) is 161 cm³/mol. The third-order valence-electron chi connectivity index (χ3n) is 7.26. The number of imidazole rings is 1. The van der Waals surface area contributed by atoms with Gasteiger partial charge in [0.2, 0.25) is 0 Å². The fraction of sp³-hybridized carbons (Fsp3) is 0.300. The van der Waals surface area contributed by atoms with Gasteiger partial charge in [-0.3, -0.25) is 4.79 Å². The van der Waals surface area contributed by atoms with E-state index in [0.717, 1.165) is 24.0 Å². The molecular weight excluding hydrogens is 602 g/mol. The Morgan fingerprint density at radius 3 is 2.56 bits per heavy atom. The van der Waals surface area contributed by atoms with E-state index in [2.05, 4.69) is 15.6 Å². The van der Waals surface area contributed by atoms with Crippen LogP contribution >= 0.6 is 23.5 Å². The van der Waals surface area contributed by atoms with Gasteiger partial charge in [0.05, 0.1) is 36.8 Å². The number of methoxy groups -OCH3 is 1. The van der Waals surface area contributed by atoms with Gasteiger partial charge < -0.3 is 15.4 Å². The molecule has 6 rings (SSSR count). The van der Waals surface area contributed by atoms with Gasteiger partial charge in [-0.25, -0.2) is 13.9 Å². The van der Waals surface area contributed by atoms with Gasteiger partial charge in [0.25, 0.3) is 5.91 Å². The Bertz CT molecular complexity index is 1730. The van der Waals surface area contributed by atoms with Crippen LogP contribution in [0, 0.1) is 12.7 Å². The largest absolute Gasteiger partial charge is 0.494 e. The number of alkyl halides is 3. The average Bonchev–Trinajstić information content (AvgIpc) is 3.45. The highest BCUT2D eigenvalue weighted by molar-refractivity contribution is 8.23. The number of carbonyl (C=O) groups is 1. The summed E-state index contributed by atoms with van der Waals surface area (Å²) in [5, 5.41) is 14.6. The molecule has 7 nitrogen and oxygen atoms in total. The van der Waals surface area contributed by atoms with Crippen molar-refractivity contribution < 1.29 is 27.1 Å². The number of halogens is 4. The number of fused-ring (bicyclic) bond motifs is 1. The van der Waals surface area contributed by atoms with Gasteiger partial charge in [0.15, 0.2) is 17.2 Å². The maximum atomic E-state index is 14.9. The molecule has 2 aromatic carbocycles. The average molecular weight is 630 g/mol. The molecule has 0 spiro atoms. The number of nitrogens with one attached hydrogen (secondary N) is 2. The molecule has 0 atom stereocenters. The van der Waals surface area contributed by atoms with Crippen LogP contribution in [0.3, 0.4) is 0 Å². The summed E-state index contributed by atoms with van der Waals surface area (Å²) < 4.78 is 59.8. The number of hydrogen-bond donors (Lipinski definition) is 2. The lowest BCUT2D eigenvalue weighted by Crippen LogP contribution is -2.26. The van der Waals surface area contributed by atoms with Crippen LogP contribution in [0.25, 0.3) is 16.9 Å². The van der Waals surface area contributed by atoms with Crippen molar-refractivity contribution in [3.63, 3.8) is 0 Å². The van der Waals surface area contributed by atoms with Crippen LogP contribution in [0.2, 0.25) is 0 Å². The van der Waals surface area contributed by atoms with Crippen LogP contribution in [0.4, 0.5) is 23.2 Å². The van der Waals surface area contributed by atoms with Gasteiger partial charge in [0.1, 0.15) is 4.08 Å². The molecule has 1 aliphatic carbocycles. The van der Waals surface area contributed by atoms with Crippen molar-refractivity contribution in [1.29, 1.82) is 0 Å². The van der Waals surface area contributed by atoms with Crippen molar-refractivity contribution in [2.75, 3.05) is 19.0 Å². The maximum Gasteiger partial charge on any atom is 0.390 e. The lowest BCUT2D eigenvalue weighted by Gasteiger charge is -2.28. The molecule has 2 aliphatic rings. The van der Waals surface area contributed by atoms with E-state index in [1.807, 2.05) is 23.8 Å². The van der Waals surface area contributed by atoms with E-state index in [4.69, 9.17) is 9.84 Å². The normalized spacial score (nSPS) is 16.0. The van der Waals surface area contributed by atoms with Crippen molar-refractivity contribution >= 4 is 40.8 Å². The number of anilines is 1. The van der Waals surface area contributed by atoms with E-state index >= 15 is 0 Å². The number of carbonyl (C=O) groups excluding carboxylic acids is 1. The third-order valence-corrected chi connectivity index (χ3v) is 10.1. The van der Waals surface area contributed by atoms with Crippen LogP contribution in [0.1, 0.15) is 46.4 Å². The zero-order valence-corrected chi connectivity index (χ0v) is 24.8. The van der Waals surface area contributed by atoms with Crippen LogP contribution in [-0.4, -0.2) is 46.4 Å². The molecule has 1 aliphatic heterocycles. The Kier molecular flexibility index (Phi) is 7.80. The predicted octanol–water partition coefficient (Wildman–Crippen LogP) is 7.26. The second-order valence-corrected chi connectivity index (χ2v) is 12.9. The minimum Gasteiger partial charge on any atom is -0.494 e. The van der Waals surface area contributed by atoms with Crippen molar-refractivity contribution in [3.05, 3.63) is 87.7 Å². The summed E-state index contributed by atoms with van der Waals surface area (Å²) in [5.41, 5.74) is 4.43. The van der Waals surface area contributed by atoms with Crippen molar-refractivity contribution in [2.24, 2.45) is 0 Å². The number of aromatic nitrogens is 3. The first-order valence-corrected chi connectivity index (χ1v) is 15.3. The van der Waals surface area contributed by atoms with Crippen LogP contribution < -0.4 is 15.4 Å². The molecule has 0 saturated heterocycles. The van der Waals surface area contributed by atoms with Gasteiger partial charge >= 0.3 is 6.18 Å². The maximum absolute atomic E-state index is 14.9. The van der Waals surface area contributed by atoms with E-state index in [1.54, 1.807) is 41.0 Å². The SMILES string of the molecule is COc1ccc(C2(c3cc(NCCC(F)(F)F)c4ncc(-c5ccc(C(=O)NC6CC6)c(C)c5)n4n3)SC=CS2)cc1F.